The Morgan fingerprint density at radius 3 is 1.94 bits per heavy atom. The van der Waals surface area contributed by atoms with Gasteiger partial charge >= 0.3 is 0 Å². The predicted molar refractivity (Wildman–Crippen MR) is 251 cm³/mol. The average molecular weight is 1060 g/mol. The van der Waals surface area contributed by atoms with E-state index in [4.69, 9.17) is 31.9 Å². The number of hydrogen-bond acceptors (Lipinski definition) is 26. The van der Waals surface area contributed by atoms with Gasteiger partial charge in [0.2, 0.25) is 0 Å². The van der Waals surface area contributed by atoms with Crippen LogP contribution in [0.15, 0.2) is 141 Å². The summed E-state index contributed by atoms with van der Waals surface area (Å²) >= 11 is 0.295. The van der Waals surface area contributed by atoms with Gasteiger partial charge in [0.1, 0.15) is 32.5 Å². The smallest absolute Gasteiger partial charge is 0.296 e. The first-order valence-electron chi connectivity index (χ1n) is 18.9. The Balaban J connectivity index is 1.28. The van der Waals surface area contributed by atoms with Crippen molar-refractivity contribution in [3.8, 4) is 5.75 Å². The largest absolute Gasteiger partial charge is 0.505 e. The number of nitrogens with two attached hydrogens (primary N) is 3. The standard InChI is InChI=1S/C38H34N10O17S5/c1-19-14-29(27(40)18-26(19)39)46-43-24-8-6-22(7-9-24)42-38(50)20-2-4-23(5-3-20)44-48-36-32(70(58,59)60)16-21-15-30(66-64-62-51)35(34(41)33(21)37(36)49)47-45-28-11-10-25(17-31(28)69(55,56)57)68(53,54)13-12-61-67-65-63-52/h2-11,14-18,49,51-52H,12-13,39-41H2,1H3,(H,42,50)(H,55,56,57)(H,58,59,60). The fourth-order valence-electron chi connectivity index (χ4n) is 5.96. The van der Waals surface area contributed by atoms with Crippen molar-refractivity contribution in [1.29, 1.82) is 0 Å². The molecule has 0 aliphatic carbocycles. The molecule has 0 unspecified atom stereocenters. The SMILES string of the molecule is Cc1cc(N=Nc2ccc(NC(=O)c3ccc(N=Nc4c(S(=O)(=O)O)cc5cc(SOOO)c(N=Nc6ccc(S(=O)(=O)CCOSOOO)cc6S(=O)(=O)O)c(N)c5c4O)cc3)cc2)c(N)cc1N. The number of anilines is 4. The van der Waals surface area contributed by atoms with Crippen molar-refractivity contribution in [3.05, 3.63) is 102 Å². The maximum atomic E-state index is 13.1. The number of nitrogens with one attached hydrogen (secondary N) is 1. The van der Waals surface area contributed by atoms with Gasteiger partial charge in [-0.25, -0.2) is 18.9 Å². The molecule has 6 aromatic rings. The molecule has 0 aromatic heterocycles. The third-order valence-corrected chi connectivity index (χ3v) is 13.7. The summed E-state index contributed by atoms with van der Waals surface area (Å²) in [6.45, 7) is 1.27. The van der Waals surface area contributed by atoms with Crippen LogP contribution in [0.1, 0.15) is 15.9 Å². The van der Waals surface area contributed by atoms with Gasteiger partial charge in [0, 0.05) is 16.9 Å². The zero-order valence-electron chi connectivity index (χ0n) is 35.2. The molecule has 1 amide bonds. The van der Waals surface area contributed by atoms with Gasteiger partial charge in [-0.15, -0.1) is 29.1 Å². The minimum Gasteiger partial charge on any atom is -0.505 e. The Hall–Kier alpha value is -6.76. The van der Waals surface area contributed by atoms with Crippen LogP contribution in [0.3, 0.4) is 0 Å². The van der Waals surface area contributed by atoms with Crippen LogP contribution >= 0.6 is 24.4 Å². The Morgan fingerprint density at radius 2 is 1.30 bits per heavy atom. The van der Waals surface area contributed by atoms with E-state index in [-0.39, 0.29) is 51.3 Å². The molecular formula is C38H34N10O17S5. The lowest BCUT2D eigenvalue weighted by Crippen LogP contribution is -2.12. The number of rotatable bonds is 20. The number of fused-ring (bicyclic) bond motifs is 1. The van der Waals surface area contributed by atoms with E-state index in [9.17, 15) is 44.3 Å². The van der Waals surface area contributed by atoms with E-state index < -0.39 is 91.5 Å². The van der Waals surface area contributed by atoms with Gasteiger partial charge in [-0.3, -0.25) is 18.1 Å². The molecule has 0 spiro atoms. The molecule has 0 saturated carbocycles. The average Bonchev–Trinajstić information content (AvgIpc) is 3.30. The summed E-state index contributed by atoms with van der Waals surface area (Å²) in [7, 11) is -14.7. The summed E-state index contributed by atoms with van der Waals surface area (Å²) in [4.78, 5) is 10.2. The molecule has 368 valence electrons. The second-order valence-corrected chi connectivity index (χ2v) is 20.0. The van der Waals surface area contributed by atoms with E-state index in [1.807, 2.05) is 6.92 Å². The first-order chi connectivity index (χ1) is 33.1. The second kappa shape index (κ2) is 22.3. The summed E-state index contributed by atoms with van der Waals surface area (Å²) < 4.78 is 109. The number of phenolic OH excluding ortho intramolecular Hbond substituents is 1. The molecule has 32 heteroatoms. The number of aromatic hydroxyl groups is 1. The molecule has 0 atom stereocenters. The number of carbonyl (C=O) groups is 1. The fraction of sp³-hybridized carbons (Fsp3) is 0.0789. The number of benzene rings is 6. The van der Waals surface area contributed by atoms with E-state index in [2.05, 4.69) is 54.7 Å². The molecule has 0 heterocycles. The van der Waals surface area contributed by atoms with Gasteiger partial charge in [-0.2, -0.15) is 27.1 Å². The van der Waals surface area contributed by atoms with Crippen molar-refractivity contribution in [2.24, 2.45) is 30.7 Å². The van der Waals surface area contributed by atoms with Crippen molar-refractivity contribution >= 4 is 128 Å². The van der Waals surface area contributed by atoms with Crippen molar-refractivity contribution < 1.29 is 77.7 Å². The van der Waals surface area contributed by atoms with Crippen molar-refractivity contribution in [2.75, 3.05) is 34.9 Å². The van der Waals surface area contributed by atoms with Crippen molar-refractivity contribution in [1.82, 2.24) is 0 Å². The van der Waals surface area contributed by atoms with Crippen LogP contribution < -0.4 is 22.5 Å². The molecule has 0 bridgehead atoms. The van der Waals surface area contributed by atoms with E-state index in [0.717, 1.165) is 29.8 Å². The van der Waals surface area contributed by atoms with Crippen molar-refractivity contribution in [3.63, 3.8) is 0 Å². The van der Waals surface area contributed by atoms with E-state index in [1.54, 1.807) is 36.4 Å². The molecule has 0 aliphatic rings. The quantitative estimate of drug-likeness (QED) is 0.00655. The number of nitrogens with zero attached hydrogens (tertiary/aromatic N) is 6. The van der Waals surface area contributed by atoms with Gasteiger partial charge in [0.05, 0.1) is 62.3 Å². The number of phenols is 1. The Labute approximate surface area is 403 Å². The highest BCUT2D eigenvalue weighted by Crippen LogP contribution is 2.49. The Morgan fingerprint density at radius 1 is 0.686 bits per heavy atom. The maximum absolute atomic E-state index is 13.1. The topological polar surface area (TPSA) is 431 Å². The molecule has 12 N–H and O–H groups in total. The summed E-state index contributed by atoms with van der Waals surface area (Å²) in [6.07, 6.45) is 0. The van der Waals surface area contributed by atoms with E-state index in [0.29, 0.717) is 34.5 Å². The number of azo groups is 3. The van der Waals surface area contributed by atoms with Gasteiger partial charge in [-0.1, -0.05) is 10.1 Å². The van der Waals surface area contributed by atoms with Crippen LogP contribution in [0.2, 0.25) is 0 Å². The van der Waals surface area contributed by atoms with Crippen LogP contribution in [-0.2, 0) is 53.0 Å². The Bertz CT molecular complexity index is 3400. The number of sulfone groups is 1. The van der Waals surface area contributed by atoms with Crippen LogP contribution in [0.4, 0.5) is 56.9 Å². The number of carbonyl (C=O) groups excluding carboxylic acids is 1. The Kier molecular flexibility index (Phi) is 16.8. The molecular weight excluding hydrogens is 1030 g/mol. The lowest BCUT2D eigenvalue weighted by molar-refractivity contribution is -0.434. The van der Waals surface area contributed by atoms with Gasteiger partial charge in [0.15, 0.2) is 27.9 Å². The number of amides is 1. The first kappa shape index (κ1) is 52.6. The van der Waals surface area contributed by atoms with Gasteiger partial charge in [-0.05, 0) is 109 Å². The highest BCUT2D eigenvalue weighted by atomic mass is 32.2. The number of aryl methyl sites for hydroxylation is 1. The lowest BCUT2D eigenvalue weighted by atomic mass is 10.1. The molecule has 0 fully saturated rings. The van der Waals surface area contributed by atoms with Gasteiger partial charge < -0.3 is 27.6 Å². The highest BCUT2D eigenvalue weighted by molar-refractivity contribution is 7.94. The molecule has 27 nitrogen and oxygen atoms in total. The zero-order valence-corrected chi connectivity index (χ0v) is 39.2. The lowest BCUT2D eigenvalue weighted by Gasteiger charge is -2.14. The zero-order chi connectivity index (χ0) is 51.0. The molecule has 0 saturated heterocycles. The van der Waals surface area contributed by atoms with Crippen LogP contribution in [0.5, 0.6) is 5.75 Å². The third kappa shape index (κ3) is 12.9. The monoisotopic (exact) mass is 1060 g/mol. The first-order valence-corrected chi connectivity index (χ1v) is 24.8. The summed E-state index contributed by atoms with van der Waals surface area (Å²) in [5.74, 6) is -2.26. The third-order valence-electron chi connectivity index (χ3n) is 9.32. The normalized spacial score (nSPS) is 12.5. The molecule has 70 heavy (non-hydrogen) atoms. The maximum Gasteiger partial charge on any atom is 0.296 e. The molecule has 0 radical (unpaired) electrons. The predicted octanol–water partition coefficient (Wildman–Crippen LogP) is 8.80. The summed E-state index contributed by atoms with van der Waals surface area (Å²) in [5.41, 5.74) is 18.9. The van der Waals surface area contributed by atoms with E-state index >= 15 is 0 Å². The van der Waals surface area contributed by atoms with E-state index in [1.165, 1.54) is 24.3 Å². The summed E-state index contributed by atoms with van der Waals surface area (Å²) in [5, 5.41) is 61.5. The molecule has 6 aromatic carbocycles. The van der Waals surface area contributed by atoms with Crippen LogP contribution in [0, 0.1) is 6.92 Å². The van der Waals surface area contributed by atoms with Crippen LogP contribution in [0.25, 0.3) is 10.8 Å². The minimum absolute atomic E-state index is 0.0305. The minimum atomic E-state index is -5.22. The highest BCUT2D eigenvalue weighted by Gasteiger charge is 2.27. The van der Waals surface area contributed by atoms with Gasteiger partial charge in [0.25, 0.3) is 26.1 Å². The fourth-order valence-corrected chi connectivity index (χ4v) is 9.28. The number of hydrogen-bond donors (Lipinski definition) is 9. The number of nitrogen functional groups attached to an aromatic ring is 3. The van der Waals surface area contributed by atoms with Crippen molar-refractivity contribution in [2.45, 2.75) is 26.5 Å². The summed E-state index contributed by atoms with van der Waals surface area (Å²) in [6, 6.07) is 19.4. The molecule has 6 rings (SSSR count). The second-order valence-electron chi connectivity index (χ2n) is 13.9. The molecule has 0 aliphatic heterocycles. The van der Waals surface area contributed by atoms with Crippen LogP contribution in [-0.4, -0.2) is 68.2 Å².